The fraction of sp³-hybridized carbons (Fsp3) is 0.476. The SMILES string of the molecule is CC1CCN(C(=O)c2cccc(-c3ccc(S(=O)(=O)N4CCOCC4)s3)c2)CC1. The Morgan fingerprint density at radius 3 is 2.52 bits per heavy atom. The lowest BCUT2D eigenvalue weighted by molar-refractivity contribution is 0.0697. The number of piperidine rings is 1. The number of hydrogen-bond donors (Lipinski definition) is 0. The number of nitrogens with zero attached hydrogens (tertiary/aromatic N) is 2. The molecule has 2 aliphatic rings. The molecule has 1 aromatic carbocycles. The van der Waals surface area contributed by atoms with Gasteiger partial charge in [0.15, 0.2) is 0 Å². The van der Waals surface area contributed by atoms with E-state index >= 15 is 0 Å². The predicted octanol–water partition coefficient (Wildman–Crippen LogP) is 3.31. The van der Waals surface area contributed by atoms with E-state index in [-0.39, 0.29) is 5.91 Å². The van der Waals surface area contributed by atoms with Gasteiger partial charge in [0.25, 0.3) is 15.9 Å². The number of amides is 1. The van der Waals surface area contributed by atoms with Crippen molar-refractivity contribution in [3.05, 3.63) is 42.0 Å². The van der Waals surface area contributed by atoms with Gasteiger partial charge in [0, 0.05) is 36.6 Å². The average Bonchev–Trinajstić information content (AvgIpc) is 3.26. The number of hydrogen-bond acceptors (Lipinski definition) is 5. The van der Waals surface area contributed by atoms with Crippen molar-refractivity contribution in [3.8, 4) is 10.4 Å². The number of benzene rings is 1. The first kappa shape index (κ1) is 20.5. The summed E-state index contributed by atoms with van der Waals surface area (Å²) in [6.07, 6.45) is 2.08. The van der Waals surface area contributed by atoms with E-state index < -0.39 is 10.0 Å². The molecule has 3 heterocycles. The summed E-state index contributed by atoms with van der Waals surface area (Å²) < 4.78 is 32.8. The van der Waals surface area contributed by atoms with Crippen LogP contribution >= 0.6 is 11.3 Å². The number of likely N-dealkylation sites (tertiary alicyclic amines) is 1. The number of ether oxygens (including phenoxy) is 1. The van der Waals surface area contributed by atoms with Crippen LogP contribution in [-0.4, -0.2) is 62.9 Å². The molecule has 0 spiro atoms. The third-order valence-corrected chi connectivity index (χ3v) is 9.11. The molecule has 156 valence electrons. The first-order valence-corrected chi connectivity index (χ1v) is 12.3. The molecule has 0 aliphatic carbocycles. The lowest BCUT2D eigenvalue weighted by Gasteiger charge is -2.30. The van der Waals surface area contributed by atoms with Gasteiger partial charge in [0.2, 0.25) is 0 Å². The highest BCUT2D eigenvalue weighted by atomic mass is 32.2. The molecular weight excluding hydrogens is 408 g/mol. The van der Waals surface area contributed by atoms with Crippen LogP contribution in [0.4, 0.5) is 0 Å². The third kappa shape index (κ3) is 4.40. The number of morpholine rings is 1. The molecule has 0 atom stereocenters. The van der Waals surface area contributed by atoms with E-state index in [9.17, 15) is 13.2 Å². The van der Waals surface area contributed by atoms with Crippen LogP contribution in [0.15, 0.2) is 40.6 Å². The standard InChI is InChI=1S/C21H26N2O4S2/c1-16-7-9-22(10-8-16)21(24)18-4-2-3-17(15-18)19-5-6-20(28-19)29(25,26)23-11-13-27-14-12-23/h2-6,15-16H,7-14H2,1H3. The van der Waals surface area contributed by atoms with Crippen LogP contribution in [0.2, 0.25) is 0 Å². The van der Waals surface area contributed by atoms with E-state index in [0.29, 0.717) is 42.0 Å². The summed E-state index contributed by atoms with van der Waals surface area (Å²) >= 11 is 1.25. The lowest BCUT2D eigenvalue weighted by atomic mass is 9.98. The largest absolute Gasteiger partial charge is 0.379 e. The Morgan fingerprint density at radius 2 is 1.79 bits per heavy atom. The highest BCUT2D eigenvalue weighted by Crippen LogP contribution is 2.33. The zero-order valence-electron chi connectivity index (χ0n) is 16.5. The van der Waals surface area contributed by atoms with Gasteiger partial charge in [-0.15, -0.1) is 11.3 Å². The van der Waals surface area contributed by atoms with Gasteiger partial charge >= 0.3 is 0 Å². The molecule has 1 aromatic heterocycles. The zero-order valence-corrected chi connectivity index (χ0v) is 18.2. The maximum absolute atomic E-state index is 12.9. The van der Waals surface area contributed by atoms with E-state index in [1.807, 2.05) is 35.2 Å². The lowest BCUT2D eigenvalue weighted by Crippen LogP contribution is -2.40. The fourth-order valence-corrected chi connectivity index (χ4v) is 6.59. The van der Waals surface area contributed by atoms with Gasteiger partial charge in [-0.3, -0.25) is 4.79 Å². The highest BCUT2D eigenvalue weighted by molar-refractivity contribution is 7.91. The number of rotatable bonds is 4. The van der Waals surface area contributed by atoms with Crippen molar-refractivity contribution in [2.24, 2.45) is 5.92 Å². The molecule has 0 N–H and O–H groups in total. The monoisotopic (exact) mass is 434 g/mol. The molecule has 2 aliphatic heterocycles. The summed E-state index contributed by atoms with van der Waals surface area (Å²) in [6, 6.07) is 11.0. The third-order valence-electron chi connectivity index (χ3n) is 5.61. The molecule has 29 heavy (non-hydrogen) atoms. The Kier molecular flexibility index (Phi) is 6.06. The van der Waals surface area contributed by atoms with Crippen LogP contribution < -0.4 is 0 Å². The van der Waals surface area contributed by atoms with Gasteiger partial charge in [-0.05, 0) is 48.6 Å². The van der Waals surface area contributed by atoms with Gasteiger partial charge in [-0.25, -0.2) is 8.42 Å². The summed E-state index contributed by atoms with van der Waals surface area (Å²) in [4.78, 5) is 15.6. The van der Waals surface area contributed by atoms with Crippen molar-refractivity contribution in [1.29, 1.82) is 0 Å². The van der Waals surface area contributed by atoms with Crippen molar-refractivity contribution in [1.82, 2.24) is 9.21 Å². The van der Waals surface area contributed by atoms with Gasteiger partial charge in [-0.1, -0.05) is 19.1 Å². The molecule has 0 saturated carbocycles. The number of carbonyl (C=O) groups is 1. The fourth-order valence-electron chi connectivity index (χ4n) is 3.73. The van der Waals surface area contributed by atoms with Crippen LogP contribution in [0.3, 0.4) is 0 Å². The molecule has 0 bridgehead atoms. The first-order chi connectivity index (χ1) is 13.9. The van der Waals surface area contributed by atoms with Gasteiger partial charge in [0.1, 0.15) is 4.21 Å². The molecule has 4 rings (SSSR count). The summed E-state index contributed by atoms with van der Waals surface area (Å²) in [5, 5.41) is 0. The highest BCUT2D eigenvalue weighted by Gasteiger charge is 2.28. The van der Waals surface area contributed by atoms with Crippen molar-refractivity contribution in [2.75, 3.05) is 39.4 Å². The minimum absolute atomic E-state index is 0.0523. The smallest absolute Gasteiger partial charge is 0.253 e. The van der Waals surface area contributed by atoms with Crippen molar-refractivity contribution >= 4 is 27.3 Å². The van der Waals surface area contributed by atoms with Gasteiger partial charge in [0.05, 0.1) is 13.2 Å². The van der Waals surface area contributed by atoms with Crippen molar-refractivity contribution in [3.63, 3.8) is 0 Å². The normalized spacial score (nSPS) is 19.4. The molecule has 0 radical (unpaired) electrons. The quantitative estimate of drug-likeness (QED) is 0.741. The molecule has 0 unspecified atom stereocenters. The van der Waals surface area contributed by atoms with Crippen LogP contribution in [-0.2, 0) is 14.8 Å². The van der Waals surface area contributed by atoms with E-state index in [4.69, 9.17) is 4.74 Å². The van der Waals surface area contributed by atoms with Crippen LogP contribution in [0.1, 0.15) is 30.1 Å². The Bertz CT molecular complexity index is 972. The summed E-state index contributed by atoms with van der Waals surface area (Å²) in [6.45, 7) is 5.44. The minimum atomic E-state index is -3.50. The van der Waals surface area contributed by atoms with E-state index in [1.54, 1.807) is 6.07 Å². The number of thiophene rings is 1. The Morgan fingerprint density at radius 1 is 1.07 bits per heavy atom. The average molecular weight is 435 g/mol. The van der Waals surface area contributed by atoms with Crippen molar-refractivity contribution < 1.29 is 17.9 Å². The number of carbonyl (C=O) groups excluding carboxylic acids is 1. The molecule has 2 aromatic rings. The van der Waals surface area contributed by atoms with E-state index in [2.05, 4.69) is 6.92 Å². The maximum atomic E-state index is 12.9. The predicted molar refractivity (Wildman–Crippen MR) is 114 cm³/mol. The molecule has 6 nitrogen and oxygen atoms in total. The van der Waals surface area contributed by atoms with Crippen LogP contribution in [0.5, 0.6) is 0 Å². The second kappa shape index (κ2) is 8.55. The zero-order chi connectivity index (χ0) is 20.4. The molecule has 2 saturated heterocycles. The number of sulfonamides is 1. The maximum Gasteiger partial charge on any atom is 0.253 e. The van der Waals surface area contributed by atoms with E-state index in [1.165, 1.54) is 15.6 Å². The molecule has 2 fully saturated rings. The molecule has 1 amide bonds. The second-order valence-electron chi connectivity index (χ2n) is 7.69. The van der Waals surface area contributed by atoms with Crippen LogP contribution in [0.25, 0.3) is 10.4 Å². The minimum Gasteiger partial charge on any atom is -0.379 e. The Labute approximate surface area is 176 Å². The van der Waals surface area contributed by atoms with Crippen molar-refractivity contribution in [2.45, 2.75) is 24.0 Å². The summed E-state index contributed by atoms with van der Waals surface area (Å²) in [5.74, 6) is 0.722. The Hall–Kier alpha value is -1.74. The van der Waals surface area contributed by atoms with E-state index in [0.717, 1.165) is 36.4 Å². The summed E-state index contributed by atoms with van der Waals surface area (Å²) in [5.41, 5.74) is 1.53. The second-order valence-corrected chi connectivity index (χ2v) is 10.9. The topological polar surface area (TPSA) is 66.9 Å². The van der Waals surface area contributed by atoms with Gasteiger partial charge < -0.3 is 9.64 Å². The van der Waals surface area contributed by atoms with Crippen LogP contribution in [0, 0.1) is 5.92 Å². The first-order valence-electron chi connectivity index (χ1n) is 10.0. The Balaban J connectivity index is 1.54. The molecular formula is C21H26N2O4S2. The van der Waals surface area contributed by atoms with Gasteiger partial charge in [-0.2, -0.15) is 4.31 Å². The molecule has 8 heteroatoms. The summed E-state index contributed by atoms with van der Waals surface area (Å²) in [7, 11) is -3.50.